The van der Waals surface area contributed by atoms with Crippen LogP contribution < -0.4 is 21.3 Å². The first-order valence-corrected chi connectivity index (χ1v) is 8.90. The van der Waals surface area contributed by atoms with Gasteiger partial charge in [-0.05, 0) is 17.7 Å². The quantitative estimate of drug-likeness (QED) is 0.432. The van der Waals surface area contributed by atoms with Gasteiger partial charge in [0.15, 0.2) is 0 Å². The smallest absolute Gasteiger partial charge is 0.226 e. The minimum absolute atomic E-state index is 0.0500. The number of pyridine rings is 1. The standard InChI is InChI=1S/C20H23N7O/c1-23-9-13(8-21)19(22)14-7-12(3-4-16(14)24-2)15-10-25-11-17-20(15)26-6-5-18(28)27-17/h3-4,7-11,21-24,26H,5-6H2,1-2H3,(H,27,28)/b13-9+,21-8?,22-19?. The lowest BCUT2D eigenvalue weighted by Gasteiger charge is -2.16. The van der Waals surface area contributed by atoms with Crippen molar-refractivity contribution in [3.8, 4) is 11.1 Å². The Hall–Kier alpha value is -3.68. The largest absolute Gasteiger partial charge is 0.393 e. The number of fused-ring (bicyclic) bond motifs is 1. The first-order chi connectivity index (χ1) is 13.6. The molecule has 6 N–H and O–H groups in total. The van der Waals surface area contributed by atoms with E-state index in [0.717, 1.165) is 28.7 Å². The van der Waals surface area contributed by atoms with E-state index in [1.165, 1.54) is 0 Å². The van der Waals surface area contributed by atoms with E-state index in [1.54, 1.807) is 32.7 Å². The lowest BCUT2D eigenvalue weighted by atomic mass is 9.96. The Bertz CT molecular complexity index is 965. The minimum atomic E-state index is -0.0500. The lowest BCUT2D eigenvalue weighted by Crippen LogP contribution is -2.11. The van der Waals surface area contributed by atoms with E-state index in [0.29, 0.717) is 29.8 Å². The average Bonchev–Trinajstić information content (AvgIpc) is 2.91. The van der Waals surface area contributed by atoms with Gasteiger partial charge in [-0.2, -0.15) is 0 Å². The molecule has 3 rings (SSSR count). The third-order valence-electron chi connectivity index (χ3n) is 4.49. The first-order valence-electron chi connectivity index (χ1n) is 8.90. The Morgan fingerprint density at radius 2 is 2.11 bits per heavy atom. The van der Waals surface area contributed by atoms with E-state index in [4.69, 9.17) is 10.8 Å². The summed E-state index contributed by atoms with van der Waals surface area (Å²) in [6.45, 7) is 0.538. The molecule has 1 amide bonds. The number of rotatable bonds is 6. The highest BCUT2D eigenvalue weighted by Gasteiger charge is 2.18. The van der Waals surface area contributed by atoms with Crippen molar-refractivity contribution < 1.29 is 4.79 Å². The number of aromatic nitrogens is 1. The van der Waals surface area contributed by atoms with Crippen molar-refractivity contribution in [2.75, 3.05) is 36.6 Å². The van der Waals surface area contributed by atoms with E-state index in [-0.39, 0.29) is 11.6 Å². The molecule has 2 heterocycles. The zero-order valence-electron chi connectivity index (χ0n) is 15.8. The lowest BCUT2D eigenvalue weighted by molar-refractivity contribution is -0.115. The van der Waals surface area contributed by atoms with Gasteiger partial charge in [-0.1, -0.05) is 6.07 Å². The van der Waals surface area contributed by atoms with E-state index >= 15 is 0 Å². The summed E-state index contributed by atoms with van der Waals surface area (Å²) in [6, 6.07) is 5.74. The van der Waals surface area contributed by atoms with Crippen molar-refractivity contribution in [3.05, 3.63) is 47.9 Å². The third-order valence-corrected chi connectivity index (χ3v) is 4.49. The molecule has 0 radical (unpaired) electrons. The molecular formula is C20H23N7O. The number of allylic oxidation sites excluding steroid dienone is 1. The molecule has 2 aromatic rings. The number of amides is 1. The molecule has 0 spiro atoms. The van der Waals surface area contributed by atoms with Gasteiger partial charge in [0.25, 0.3) is 0 Å². The Labute approximate surface area is 163 Å². The van der Waals surface area contributed by atoms with Crippen molar-refractivity contribution in [2.45, 2.75) is 6.42 Å². The molecule has 0 bridgehead atoms. The van der Waals surface area contributed by atoms with Crippen LogP contribution in [0, 0.1) is 10.8 Å². The number of carbonyl (C=O) groups excluding carboxylic acids is 1. The van der Waals surface area contributed by atoms with Crippen LogP contribution in [-0.2, 0) is 4.79 Å². The van der Waals surface area contributed by atoms with Crippen LogP contribution in [0.15, 0.2) is 42.4 Å². The molecule has 144 valence electrons. The molecule has 8 heteroatoms. The maximum atomic E-state index is 11.8. The van der Waals surface area contributed by atoms with Crippen LogP contribution >= 0.6 is 0 Å². The summed E-state index contributed by atoms with van der Waals surface area (Å²) in [5, 5.41) is 28.3. The Kier molecular flexibility index (Phi) is 5.69. The van der Waals surface area contributed by atoms with Gasteiger partial charge in [0.05, 0.1) is 23.3 Å². The summed E-state index contributed by atoms with van der Waals surface area (Å²) in [6.07, 6.45) is 6.53. The van der Waals surface area contributed by atoms with E-state index in [2.05, 4.69) is 26.3 Å². The number of anilines is 3. The summed E-state index contributed by atoms with van der Waals surface area (Å²) < 4.78 is 0. The molecule has 0 fully saturated rings. The fourth-order valence-corrected chi connectivity index (χ4v) is 3.11. The van der Waals surface area contributed by atoms with Crippen LogP contribution in [-0.4, -0.2) is 43.5 Å². The maximum absolute atomic E-state index is 11.8. The molecule has 8 nitrogen and oxygen atoms in total. The van der Waals surface area contributed by atoms with Crippen molar-refractivity contribution in [1.29, 1.82) is 10.8 Å². The maximum Gasteiger partial charge on any atom is 0.226 e. The zero-order chi connectivity index (χ0) is 20.1. The summed E-state index contributed by atoms with van der Waals surface area (Å²) in [7, 11) is 3.53. The number of nitrogens with one attached hydrogen (secondary N) is 6. The molecule has 1 aromatic heterocycles. The monoisotopic (exact) mass is 377 g/mol. The molecule has 0 atom stereocenters. The van der Waals surface area contributed by atoms with Crippen molar-refractivity contribution in [3.63, 3.8) is 0 Å². The molecule has 0 saturated heterocycles. The SMILES string of the molecule is CN/C=C(\C=N)C(=N)c1cc(-c2cncc3c2NCCC(=O)N3)ccc1NC. The molecule has 0 unspecified atom stereocenters. The van der Waals surface area contributed by atoms with E-state index < -0.39 is 0 Å². The summed E-state index contributed by atoms with van der Waals surface area (Å²) >= 11 is 0. The van der Waals surface area contributed by atoms with Gasteiger partial charge in [0, 0.05) is 68.1 Å². The van der Waals surface area contributed by atoms with Gasteiger partial charge < -0.3 is 26.7 Å². The summed E-state index contributed by atoms with van der Waals surface area (Å²) in [5.41, 5.74) is 5.30. The molecule has 1 aliphatic rings. The van der Waals surface area contributed by atoms with Gasteiger partial charge in [-0.3, -0.25) is 15.2 Å². The van der Waals surface area contributed by atoms with Crippen LogP contribution in [0.3, 0.4) is 0 Å². The van der Waals surface area contributed by atoms with Gasteiger partial charge in [0.1, 0.15) is 0 Å². The fourth-order valence-electron chi connectivity index (χ4n) is 3.11. The fraction of sp³-hybridized carbons (Fsp3) is 0.200. The molecule has 1 aliphatic heterocycles. The minimum Gasteiger partial charge on any atom is -0.393 e. The number of carbonyl (C=O) groups is 1. The predicted octanol–water partition coefficient (Wildman–Crippen LogP) is 2.67. The number of hydrogen-bond acceptors (Lipinski definition) is 7. The second-order valence-electron chi connectivity index (χ2n) is 6.25. The second kappa shape index (κ2) is 8.34. The highest BCUT2D eigenvalue weighted by Crippen LogP contribution is 2.36. The molecule has 28 heavy (non-hydrogen) atoms. The van der Waals surface area contributed by atoms with E-state index in [9.17, 15) is 4.79 Å². The Morgan fingerprint density at radius 1 is 1.29 bits per heavy atom. The van der Waals surface area contributed by atoms with Gasteiger partial charge in [0.2, 0.25) is 5.91 Å². The molecule has 0 saturated carbocycles. The molecule has 0 aliphatic carbocycles. The van der Waals surface area contributed by atoms with Crippen LogP contribution in [0.5, 0.6) is 0 Å². The number of nitrogens with zero attached hydrogens (tertiary/aromatic N) is 1. The van der Waals surface area contributed by atoms with Gasteiger partial charge in [-0.15, -0.1) is 0 Å². The number of benzene rings is 1. The third kappa shape index (κ3) is 3.71. The van der Waals surface area contributed by atoms with Gasteiger partial charge >= 0.3 is 0 Å². The normalized spacial score (nSPS) is 13.5. The average molecular weight is 377 g/mol. The molecule has 1 aromatic carbocycles. The zero-order valence-corrected chi connectivity index (χ0v) is 15.8. The highest BCUT2D eigenvalue weighted by molar-refractivity contribution is 6.24. The van der Waals surface area contributed by atoms with Crippen LogP contribution in [0.1, 0.15) is 12.0 Å². The predicted molar refractivity (Wildman–Crippen MR) is 114 cm³/mol. The van der Waals surface area contributed by atoms with E-state index in [1.807, 2.05) is 18.2 Å². The van der Waals surface area contributed by atoms with Crippen LogP contribution in [0.2, 0.25) is 0 Å². The summed E-state index contributed by atoms with van der Waals surface area (Å²) in [5.74, 6) is -0.0500. The van der Waals surface area contributed by atoms with Gasteiger partial charge in [-0.25, -0.2) is 0 Å². The van der Waals surface area contributed by atoms with Crippen molar-refractivity contribution >= 4 is 34.9 Å². The topological polar surface area (TPSA) is 126 Å². The molecular weight excluding hydrogens is 354 g/mol. The van der Waals surface area contributed by atoms with Crippen LogP contribution in [0.25, 0.3) is 11.1 Å². The van der Waals surface area contributed by atoms with Crippen molar-refractivity contribution in [2.24, 2.45) is 0 Å². The first kappa shape index (κ1) is 19.1. The Morgan fingerprint density at radius 3 is 2.82 bits per heavy atom. The van der Waals surface area contributed by atoms with Crippen molar-refractivity contribution in [1.82, 2.24) is 10.3 Å². The van der Waals surface area contributed by atoms with Crippen LogP contribution in [0.4, 0.5) is 17.1 Å². The number of hydrogen-bond donors (Lipinski definition) is 6. The highest BCUT2D eigenvalue weighted by atomic mass is 16.1. The Balaban J connectivity index is 2.11. The summed E-state index contributed by atoms with van der Waals surface area (Å²) in [4.78, 5) is 16.1. The second-order valence-corrected chi connectivity index (χ2v) is 6.25.